The number of benzene rings is 6. The summed E-state index contributed by atoms with van der Waals surface area (Å²) in [7, 11) is 0. The molecule has 2 aliphatic carbocycles. The van der Waals surface area contributed by atoms with E-state index in [0.717, 1.165) is 0 Å². The van der Waals surface area contributed by atoms with Gasteiger partial charge < -0.3 is 40.6 Å². The first-order valence-electron chi connectivity index (χ1n) is 17.2. The van der Waals surface area contributed by atoms with Crippen molar-refractivity contribution in [1.29, 1.82) is 5.41 Å². The molecule has 282 valence electrons. The number of nitrogens with one attached hydrogen (secondary N) is 2. The highest BCUT2D eigenvalue weighted by Crippen LogP contribution is 2.47. The van der Waals surface area contributed by atoms with Crippen LogP contribution in [0.4, 0.5) is 5.69 Å². The molecule has 14 heteroatoms. The molecule has 0 bridgehead atoms. The molecule has 0 atom stereocenters. The monoisotopic (exact) mass is 799 g/mol. The summed E-state index contributed by atoms with van der Waals surface area (Å²) in [5.74, 6) is -2.97. The Balaban J connectivity index is 1.12. The standard InChI is InChI=1S/C43H27Cl2N3O9/c44-31-18-30(40(45)39(43(54)55)38(31)37-27-7-2-20(46)14-32(27)56-33-15-21(47)3-8-28(33)37)41(51)48-12-11-19-1-6-24(29(13-19)42(52)53)36-25-9-4-22(49)16-34(25)57-35-17-23(50)5-10-26(35)36/h1-10,13-18,46,49H,11-12,47H2,(H,48,51)(H,52,53)(H,54,55). The Kier molecular flexibility index (Phi) is 9.15. The SMILES string of the molecule is N=c1ccc2c(-c3c(Cl)cc(C(=O)NCCc4ccc(-c5c6ccc(=O)cc-6oc6cc(O)ccc56)c(C(=O)O)c4)c(Cl)c3C(=O)O)c3ccc(N)cc3oc-2c1. The van der Waals surface area contributed by atoms with E-state index in [0.29, 0.717) is 55.4 Å². The van der Waals surface area contributed by atoms with Gasteiger partial charge in [0.2, 0.25) is 0 Å². The predicted molar refractivity (Wildman–Crippen MR) is 215 cm³/mol. The van der Waals surface area contributed by atoms with Gasteiger partial charge in [0, 0.05) is 75.1 Å². The van der Waals surface area contributed by atoms with Gasteiger partial charge in [-0.2, -0.15) is 0 Å². The molecule has 4 aromatic carbocycles. The molecule has 0 spiro atoms. The summed E-state index contributed by atoms with van der Waals surface area (Å²) < 4.78 is 11.9. The van der Waals surface area contributed by atoms with Gasteiger partial charge >= 0.3 is 11.9 Å². The van der Waals surface area contributed by atoms with Gasteiger partial charge in [-0.3, -0.25) is 9.59 Å². The first-order valence-corrected chi connectivity index (χ1v) is 18.0. The number of anilines is 1. The summed E-state index contributed by atoms with van der Waals surface area (Å²) in [6.07, 6.45) is 0.174. The summed E-state index contributed by atoms with van der Waals surface area (Å²) in [5, 5.41) is 42.5. The van der Waals surface area contributed by atoms with Crippen molar-refractivity contribution >= 4 is 68.7 Å². The first kappa shape index (κ1) is 36.8. The van der Waals surface area contributed by atoms with Crippen molar-refractivity contribution in [3.63, 3.8) is 0 Å². The van der Waals surface area contributed by atoms with E-state index in [9.17, 15) is 34.5 Å². The first-order chi connectivity index (χ1) is 27.3. The molecule has 57 heavy (non-hydrogen) atoms. The van der Waals surface area contributed by atoms with E-state index in [2.05, 4.69) is 5.32 Å². The molecule has 0 radical (unpaired) electrons. The van der Waals surface area contributed by atoms with E-state index >= 15 is 0 Å². The van der Waals surface area contributed by atoms with Crippen molar-refractivity contribution in [3.05, 3.63) is 145 Å². The van der Waals surface area contributed by atoms with Crippen molar-refractivity contribution in [3.8, 4) is 50.7 Å². The number of carbonyl (C=O) groups is 3. The lowest BCUT2D eigenvalue weighted by atomic mass is 9.89. The molecule has 0 saturated heterocycles. The van der Waals surface area contributed by atoms with Crippen LogP contribution in [0, 0.1) is 5.41 Å². The molecule has 8 rings (SSSR count). The Hall–Kier alpha value is -7.15. The molecule has 0 fully saturated rings. The minimum atomic E-state index is -1.44. The maximum absolute atomic E-state index is 13.6. The molecule has 0 saturated carbocycles. The van der Waals surface area contributed by atoms with E-state index in [1.807, 2.05) is 0 Å². The fourth-order valence-electron chi connectivity index (χ4n) is 7.12. The van der Waals surface area contributed by atoms with E-state index in [4.69, 9.17) is 43.2 Å². The number of carbonyl (C=O) groups excluding carboxylic acids is 1. The molecule has 12 nitrogen and oxygen atoms in total. The third-order valence-corrected chi connectivity index (χ3v) is 10.3. The summed E-state index contributed by atoms with van der Waals surface area (Å²) in [6, 6.07) is 24.2. The molecule has 1 amide bonds. The maximum Gasteiger partial charge on any atom is 0.337 e. The van der Waals surface area contributed by atoms with Gasteiger partial charge in [-0.1, -0.05) is 35.3 Å². The Bertz CT molecular complexity index is 3080. The van der Waals surface area contributed by atoms with Crippen LogP contribution in [0.1, 0.15) is 36.6 Å². The second-order valence-corrected chi connectivity index (χ2v) is 14.0. The van der Waals surface area contributed by atoms with Crippen LogP contribution in [0.3, 0.4) is 0 Å². The zero-order valence-corrected chi connectivity index (χ0v) is 30.8. The van der Waals surface area contributed by atoms with E-state index in [1.54, 1.807) is 48.5 Å². The number of phenols is 1. The largest absolute Gasteiger partial charge is 0.508 e. The number of hydrogen-bond acceptors (Lipinski definition) is 9. The van der Waals surface area contributed by atoms with Gasteiger partial charge in [-0.15, -0.1) is 0 Å². The Morgan fingerprint density at radius 2 is 1.37 bits per heavy atom. The molecule has 7 N–H and O–H groups in total. The van der Waals surface area contributed by atoms with Gasteiger partial charge in [-0.05, 0) is 78.2 Å². The number of nitrogens with two attached hydrogens (primary N) is 1. The van der Waals surface area contributed by atoms with Crippen molar-refractivity contribution < 1.29 is 38.5 Å². The molecule has 4 aliphatic rings. The highest BCUT2D eigenvalue weighted by molar-refractivity contribution is 6.41. The van der Waals surface area contributed by atoms with Crippen molar-refractivity contribution in [2.75, 3.05) is 12.3 Å². The van der Waals surface area contributed by atoms with Gasteiger partial charge in [0.25, 0.3) is 5.91 Å². The van der Waals surface area contributed by atoms with Crippen LogP contribution in [-0.4, -0.2) is 39.7 Å². The fraction of sp³-hybridized carbons (Fsp3) is 0.0465. The van der Waals surface area contributed by atoms with Crippen molar-refractivity contribution in [2.45, 2.75) is 6.42 Å². The van der Waals surface area contributed by atoms with Crippen LogP contribution in [-0.2, 0) is 6.42 Å². The fourth-order valence-corrected chi connectivity index (χ4v) is 7.73. The average molecular weight is 801 g/mol. The molecule has 2 heterocycles. The van der Waals surface area contributed by atoms with Crippen LogP contribution in [0.25, 0.3) is 66.8 Å². The van der Waals surface area contributed by atoms with Crippen LogP contribution in [0.2, 0.25) is 10.0 Å². The van der Waals surface area contributed by atoms with Crippen LogP contribution in [0.5, 0.6) is 5.75 Å². The molecular formula is C43H27Cl2N3O9. The summed E-state index contributed by atoms with van der Waals surface area (Å²) in [5.41, 5.74) is 8.71. The van der Waals surface area contributed by atoms with Gasteiger partial charge in [0.05, 0.1) is 32.1 Å². The number of fused-ring (bicyclic) bond motifs is 4. The second-order valence-electron chi connectivity index (χ2n) is 13.2. The number of nitrogen functional groups attached to an aromatic ring is 1. The van der Waals surface area contributed by atoms with E-state index in [1.165, 1.54) is 48.5 Å². The summed E-state index contributed by atoms with van der Waals surface area (Å²) >= 11 is 13.6. The van der Waals surface area contributed by atoms with E-state index in [-0.39, 0.29) is 73.3 Å². The number of amides is 1. The zero-order valence-electron chi connectivity index (χ0n) is 29.3. The molecule has 4 aromatic rings. The molecular weight excluding hydrogens is 773 g/mol. The van der Waals surface area contributed by atoms with Gasteiger partial charge in [0.15, 0.2) is 5.43 Å². The zero-order chi connectivity index (χ0) is 40.3. The minimum absolute atomic E-state index is 0.00329. The van der Waals surface area contributed by atoms with Crippen LogP contribution < -0.4 is 21.8 Å². The third-order valence-electron chi connectivity index (χ3n) is 9.63. The lowest BCUT2D eigenvalue weighted by molar-refractivity contribution is 0.0686. The van der Waals surface area contributed by atoms with Crippen LogP contribution >= 0.6 is 23.2 Å². The third kappa shape index (κ3) is 6.56. The Morgan fingerprint density at radius 3 is 2.12 bits per heavy atom. The Labute approximate surface area is 331 Å². The minimum Gasteiger partial charge on any atom is -0.508 e. The predicted octanol–water partition coefficient (Wildman–Crippen LogP) is 8.53. The van der Waals surface area contributed by atoms with Gasteiger partial charge in [-0.25, -0.2) is 9.59 Å². The number of aromatic carboxylic acids is 2. The smallest absolute Gasteiger partial charge is 0.337 e. The lowest BCUT2D eigenvalue weighted by Gasteiger charge is -2.20. The maximum atomic E-state index is 13.6. The molecule has 0 aromatic heterocycles. The normalized spacial score (nSPS) is 11.4. The number of carboxylic acid groups (broad SMARTS) is 2. The van der Waals surface area contributed by atoms with Gasteiger partial charge in [0.1, 0.15) is 28.4 Å². The number of phenolic OH excluding ortho intramolecular Hbond substituents is 1. The summed E-state index contributed by atoms with van der Waals surface area (Å²) in [6.45, 7) is 0.00329. The van der Waals surface area contributed by atoms with Crippen LogP contribution in [0.15, 0.2) is 111 Å². The average Bonchev–Trinajstić information content (AvgIpc) is 3.16. The number of aromatic hydroxyl groups is 1. The highest BCUT2D eigenvalue weighted by atomic mass is 35.5. The number of hydrogen-bond donors (Lipinski definition) is 6. The number of halogens is 2. The van der Waals surface area contributed by atoms with Crippen molar-refractivity contribution in [1.82, 2.24) is 5.32 Å². The number of carboxylic acids is 2. The Morgan fingerprint density at radius 1 is 0.702 bits per heavy atom. The van der Waals surface area contributed by atoms with E-state index < -0.39 is 23.4 Å². The summed E-state index contributed by atoms with van der Waals surface area (Å²) in [4.78, 5) is 51.3. The molecule has 2 aliphatic heterocycles. The second kappa shape index (κ2) is 14.2. The quantitative estimate of drug-likeness (QED) is 0.0636. The number of rotatable bonds is 8. The molecule has 0 unspecified atom stereocenters. The highest BCUT2D eigenvalue weighted by Gasteiger charge is 2.29. The lowest BCUT2D eigenvalue weighted by Crippen LogP contribution is -2.26. The topological polar surface area (TPSA) is 217 Å². The van der Waals surface area contributed by atoms with Crippen molar-refractivity contribution in [2.24, 2.45) is 0 Å².